The molecule has 2 fully saturated rings. The number of carbonyl (C=O) groups excluding carboxylic acids is 9. The number of ketones is 3. The van der Waals surface area contributed by atoms with E-state index in [0.29, 0.717) is 53.6 Å². The number of nitrogens with two attached hydrogens (primary N) is 1. The Morgan fingerprint density at radius 3 is 2.42 bits per heavy atom. The number of halogens is 1. The molecule has 6 rings (SSSR count). The Bertz CT molecular complexity index is 3070. The number of benzene rings is 2. The third kappa shape index (κ3) is 16.9. The number of nitrogens with zero attached hydrogens (tertiary/aromatic N) is 3. The maximum absolute atomic E-state index is 14.7. The molecule has 3 aliphatic rings. The summed E-state index contributed by atoms with van der Waals surface area (Å²) < 4.78 is 29.9. The number of ether oxygens (including phenoxy) is 5. The topological polar surface area (TPSA) is 293 Å². The number of likely N-dealkylation sites (N-methyl/N-ethyl adjacent to an activating group) is 1. The van der Waals surface area contributed by atoms with Gasteiger partial charge in [0.1, 0.15) is 57.9 Å². The highest BCUT2D eigenvalue weighted by atomic mass is 35.5. The van der Waals surface area contributed by atoms with Crippen LogP contribution < -0.4 is 26.0 Å². The van der Waals surface area contributed by atoms with Gasteiger partial charge in [0.15, 0.2) is 5.78 Å². The largest absolute Gasteiger partial charge is 0.495 e. The van der Waals surface area contributed by atoms with Crippen LogP contribution in [0.2, 0.25) is 5.02 Å². The van der Waals surface area contributed by atoms with E-state index < -0.39 is 107 Å². The minimum absolute atomic E-state index is 0.0190. The Balaban J connectivity index is 1.25. The number of rotatable bonds is 23. The highest BCUT2D eigenvalue weighted by molar-refractivity contribution is 6.35. The summed E-state index contributed by atoms with van der Waals surface area (Å²) >= 11 is 6.88. The number of urea groups is 1. The number of epoxide rings is 1. The van der Waals surface area contributed by atoms with Crippen LogP contribution in [0, 0.1) is 17.8 Å². The maximum atomic E-state index is 14.7. The lowest BCUT2D eigenvalue weighted by Gasteiger charge is -2.41. The first-order valence-corrected chi connectivity index (χ1v) is 29.3. The summed E-state index contributed by atoms with van der Waals surface area (Å²) in [5.41, 5.74) is 5.13. The maximum Gasteiger partial charge on any atom is 0.328 e. The van der Waals surface area contributed by atoms with Crippen molar-refractivity contribution < 1.29 is 71.9 Å². The molecule has 10 atom stereocenters. The quantitative estimate of drug-likeness (QED) is 0.0420. The second-order valence-electron chi connectivity index (χ2n) is 23.4. The van der Waals surface area contributed by atoms with Gasteiger partial charge in [-0.3, -0.25) is 33.8 Å². The van der Waals surface area contributed by atoms with E-state index >= 15 is 0 Å². The summed E-state index contributed by atoms with van der Waals surface area (Å²) in [6.07, 6.45) is 4.36. The Morgan fingerprint density at radius 1 is 1.04 bits per heavy atom. The highest BCUT2D eigenvalue weighted by Crippen LogP contribution is 2.50. The van der Waals surface area contributed by atoms with Gasteiger partial charge in [-0.1, -0.05) is 68.3 Å². The molecule has 0 unspecified atom stereocenters. The molecule has 21 nitrogen and oxygen atoms in total. The molecule has 2 aromatic carbocycles. The van der Waals surface area contributed by atoms with Crippen molar-refractivity contribution in [3.05, 3.63) is 88.1 Å². The van der Waals surface area contributed by atoms with Crippen molar-refractivity contribution in [3.8, 4) is 5.75 Å². The highest BCUT2D eigenvalue weighted by Gasteiger charge is 2.64. The molecule has 0 radical (unpaired) electrons. The molecule has 2 saturated heterocycles. The Hall–Kier alpha value is -7.07. The van der Waals surface area contributed by atoms with Crippen LogP contribution in [0.1, 0.15) is 134 Å². The molecule has 85 heavy (non-hydrogen) atoms. The van der Waals surface area contributed by atoms with Crippen LogP contribution >= 0.6 is 11.6 Å². The van der Waals surface area contributed by atoms with Gasteiger partial charge < -0.3 is 59.8 Å². The molecular weight excluding hydrogens is 1120 g/mol. The van der Waals surface area contributed by atoms with Gasteiger partial charge in [-0.15, -0.1) is 0 Å². The number of nitrogens with one attached hydrogen (secondary N) is 2. The van der Waals surface area contributed by atoms with Crippen LogP contribution in [0.15, 0.2) is 66.4 Å². The number of primary amides is 1. The lowest BCUT2D eigenvalue weighted by Crippen LogP contribution is -2.53. The third-order valence-corrected chi connectivity index (χ3v) is 17.0. The van der Waals surface area contributed by atoms with E-state index in [9.17, 15) is 48.3 Å². The average molecular weight is 1200 g/mol. The molecule has 1 aromatic heterocycles. The van der Waals surface area contributed by atoms with Crippen LogP contribution in [0.5, 0.6) is 5.75 Å². The minimum Gasteiger partial charge on any atom is -0.495 e. The smallest absolute Gasteiger partial charge is 0.328 e. The molecule has 5 amide bonds. The van der Waals surface area contributed by atoms with E-state index in [0.717, 1.165) is 11.1 Å². The standard InChI is InChI=1S/C63H83ClN6O15/c1-35(2)45(31-42(72)19-13-12-18-37(4)71)58(76)68-46(21-16-26-67-61(65)79)48(73)30-41-23-24-44(43-20-15-25-66-56(41)43)59(77)69(8)39(6)60(78)84-52-32-53(74)70(9)47-28-40(29-49(81-10)55(47)64)27-36(3)17-14-22-51(82-11)63(80)33-50(83-54(75)34-63)38(5)57-62(52,7)85-57/h14-15,17,20,22-25,28-29,35,38-39,45-46,50-52,57,80H,12-13,16,18-19,21,26-27,30-34H2,1-11H3,(H,68,76)(H3,65,67,79)/b22-14+,36-17+/t38-,39+,45+,46+,50+,51-,52+,57+,62+,63-/m1/s1. The van der Waals surface area contributed by atoms with E-state index in [-0.39, 0.29) is 79.6 Å². The van der Waals surface area contributed by atoms with Crippen LogP contribution in [0.4, 0.5) is 10.5 Å². The zero-order chi connectivity index (χ0) is 62.7. The zero-order valence-electron chi connectivity index (χ0n) is 50.6. The number of methoxy groups -OCH3 is 2. The van der Waals surface area contributed by atoms with Crippen molar-refractivity contribution in [1.82, 2.24) is 20.5 Å². The van der Waals surface area contributed by atoms with Crippen LogP contribution in [-0.2, 0) is 65.4 Å². The molecule has 0 spiro atoms. The number of hydrogen-bond acceptors (Lipinski definition) is 16. The molecule has 3 aliphatic heterocycles. The zero-order valence-corrected chi connectivity index (χ0v) is 51.4. The van der Waals surface area contributed by atoms with E-state index in [1.807, 2.05) is 26.8 Å². The van der Waals surface area contributed by atoms with E-state index in [1.54, 1.807) is 63.4 Å². The second-order valence-corrected chi connectivity index (χ2v) is 23.8. The van der Waals surface area contributed by atoms with Crippen LogP contribution in [0.25, 0.3) is 10.9 Å². The first-order chi connectivity index (χ1) is 40.1. The second kappa shape index (κ2) is 29.3. The van der Waals surface area contributed by atoms with E-state index in [2.05, 4.69) is 15.6 Å². The first kappa shape index (κ1) is 67.1. The van der Waals surface area contributed by atoms with E-state index in [4.69, 9.17) is 41.0 Å². The van der Waals surface area contributed by atoms with Crippen molar-refractivity contribution in [2.24, 2.45) is 23.5 Å². The molecule has 22 heteroatoms. The lowest BCUT2D eigenvalue weighted by atomic mass is 9.78. The number of esters is 2. The average Bonchev–Trinajstić information content (AvgIpc) is 1.80. The molecule has 4 bridgehead atoms. The Morgan fingerprint density at radius 2 is 1.75 bits per heavy atom. The first-order valence-electron chi connectivity index (χ1n) is 28.9. The van der Waals surface area contributed by atoms with Crippen LogP contribution in [0.3, 0.4) is 0 Å². The summed E-state index contributed by atoms with van der Waals surface area (Å²) in [6, 6.07) is 6.85. The lowest BCUT2D eigenvalue weighted by molar-refractivity contribution is -0.187. The Kier molecular flexibility index (Phi) is 23.2. The number of amides is 5. The number of hydrogen-bond donors (Lipinski definition) is 4. The molecule has 5 N–H and O–H groups in total. The molecule has 462 valence electrons. The van der Waals surface area contributed by atoms with Gasteiger partial charge in [0, 0.05) is 88.8 Å². The van der Waals surface area contributed by atoms with Crippen LogP contribution in [-0.4, -0.2) is 151 Å². The number of fused-ring (bicyclic) bond motifs is 6. The number of allylic oxidation sites excluding steroid dienone is 3. The van der Waals surface area contributed by atoms with Crippen molar-refractivity contribution in [2.45, 2.75) is 173 Å². The Labute approximate surface area is 502 Å². The summed E-state index contributed by atoms with van der Waals surface area (Å²) in [6.45, 7) is 12.1. The van der Waals surface area contributed by atoms with Crippen molar-refractivity contribution in [2.75, 3.05) is 39.8 Å². The third-order valence-electron chi connectivity index (χ3n) is 16.7. The van der Waals surface area contributed by atoms with Crippen molar-refractivity contribution in [3.63, 3.8) is 0 Å². The fourth-order valence-electron chi connectivity index (χ4n) is 11.3. The number of unbranched alkanes of at least 4 members (excludes halogenated alkanes) is 1. The number of anilines is 1. The molecule has 0 saturated carbocycles. The molecule has 0 aliphatic carbocycles. The van der Waals surface area contributed by atoms with Gasteiger partial charge >= 0.3 is 18.0 Å². The predicted molar refractivity (Wildman–Crippen MR) is 318 cm³/mol. The van der Waals surface area contributed by atoms with E-state index in [1.165, 1.54) is 57.2 Å². The fourth-order valence-corrected chi connectivity index (χ4v) is 11.6. The SMILES string of the molecule is COc1cc2cc(c1Cl)N(C)C(=O)C[C@H](OC(=O)[C@H](C)N(C)C(=O)c1ccc(CC(=O)[C@H](CCCNC(N)=O)NC(=O)[C@@H](CC(=O)CCCCC(C)=O)C(C)C)c3ncccc13)[C@]1(C)O[C@H]1[C@H](C)[C@@H]1C[C@@](O)(CC(=O)O1)[C@H](OC)/C=C/C=C(\C)C2. The summed E-state index contributed by atoms with van der Waals surface area (Å²) in [7, 11) is 5.87. The number of pyridine rings is 1. The van der Waals surface area contributed by atoms with Gasteiger partial charge in [-0.05, 0) is 101 Å². The van der Waals surface area contributed by atoms with Gasteiger partial charge in [0.2, 0.25) is 11.8 Å². The fraction of sp³-hybridized carbons (Fsp3) is 0.556. The van der Waals surface area contributed by atoms with Crippen molar-refractivity contribution >= 4 is 81.2 Å². The molecule has 3 aromatic rings. The number of carbonyl (C=O) groups is 9. The molecule has 4 heterocycles. The normalized spacial score (nSPS) is 24.6. The number of aliphatic hydroxyl groups is 1. The number of Topliss-reactive ketones (excluding diaryl/α,β-unsaturated/α-hetero) is 3. The summed E-state index contributed by atoms with van der Waals surface area (Å²) in [5, 5.41) is 18.0. The van der Waals surface area contributed by atoms with Crippen molar-refractivity contribution in [1.29, 1.82) is 0 Å². The summed E-state index contributed by atoms with van der Waals surface area (Å²) in [5.74, 6) is -4.91. The van der Waals surface area contributed by atoms with Gasteiger partial charge in [-0.25, -0.2) is 9.59 Å². The van der Waals surface area contributed by atoms with Gasteiger partial charge in [0.25, 0.3) is 5.91 Å². The monoisotopic (exact) mass is 1200 g/mol. The number of aromatic nitrogens is 1. The minimum atomic E-state index is -1.67. The predicted octanol–water partition coefficient (Wildman–Crippen LogP) is 7.05. The summed E-state index contributed by atoms with van der Waals surface area (Å²) in [4.78, 5) is 128. The van der Waals surface area contributed by atoms with Gasteiger partial charge in [-0.2, -0.15) is 0 Å². The van der Waals surface area contributed by atoms with Gasteiger partial charge in [0.05, 0.1) is 43.3 Å². The molecular formula is C63H83ClN6O15.